The van der Waals surface area contributed by atoms with Crippen LogP contribution in [0, 0.1) is 23.2 Å². The number of hydrogen-bond acceptors (Lipinski definition) is 3. The quantitative estimate of drug-likeness (QED) is 0.501. The van der Waals surface area contributed by atoms with Gasteiger partial charge in [-0.1, -0.05) is 18.1 Å². The van der Waals surface area contributed by atoms with E-state index in [1.165, 1.54) is 17.5 Å². The lowest BCUT2D eigenvalue weighted by atomic mass is 9.55. The van der Waals surface area contributed by atoms with E-state index in [-0.39, 0.29) is 17.4 Å². The van der Waals surface area contributed by atoms with Crippen molar-refractivity contribution in [3.8, 4) is 5.75 Å². The minimum atomic E-state index is -0.346. The van der Waals surface area contributed by atoms with Crippen LogP contribution in [0.3, 0.4) is 0 Å². The molecule has 1 aromatic carbocycles. The molecule has 0 saturated heterocycles. The monoisotopic (exact) mass is 341 g/mol. The van der Waals surface area contributed by atoms with Crippen LogP contribution in [-0.4, -0.2) is 24.9 Å². The molecule has 2 saturated carbocycles. The summed E-state index contributed by atoms with van der Waals surface area (Å²) in [5.74, 6) is 2.81. The van der Waals surface area contributed by atoms with Gasteiger partial charge in [0, 0.05) is 11.5 Å². The second-order valence-corrected chi connectivity index (χ2v) is 8.38. The maximum Gasteiger partial charge on any atom is 0.119 e. The first kappa shape index (κ1) is 16.7. The van der Waals surface area contributed by atoms with Gasteiger partial charge in [-0.2, -0.15) is 0 Å². The molecule has 2 fully saturated rings. The van der Waals surface area contributed by atoms with Crippen LogP contribution in [0.4, 0.5) is 0 Å². The number of aliphatic hydroxyl groups is 1. The first-order valence-electron chi connectivity index (χ1n) is 9.44. The van der Waals surface area contributed by atoms with Gasteiger partial charge >= 0.3 is 0 Å². The van der Waals surface area contributed by atoms with E-state index in [1.807, 2.05) is 0 Å². The zero-order valence-corrected chi connectivity index (χ0v) is 15.1. The Morgan fingerprint density at radius 3 is 3.00 bits per heavy atom. The molecule has 3 aliphatic rings. The average Bonchev–Trinajstić information content (AvgIpc) is 2.90. The number of fused-ring (bicyclic) bond motifs is 5. The molecule has 4 rings (SSSR count). The predicted octanol–water partition coefficient (Wildman–Crippen LogP) is 4.45. The van der Waals surface area contributed by atoms with Gasteiger partial charge in [0.15, 0.2) is 0 Å². The van der Waals surface area contributed by atoms with E-state index < -0.39 is 0 Å². The molecule has 25 heavy (non-hydrogen) atoms. The summed E-state index contributed by atoms with van der Waals surface area (Å²) in [5, 5.41) is 14.7. The Balaban J connectivity index is 1.63. The van der Waals surface area contributed by atoms with Crippen LogP contribution in [0.5, 0.6) is 5.75 Å². The van der Waals surface area contributed by atoms with E-state index in [0.29, 0.717) is 24.3 Å². The fraction of sp³-hybridized carbons (Fsp3) is 0.700. The topological polar surface area (TPSA) is 78.2 Å². The molecule has 5 nitrogen and oxygen atoms in total. The number of azide groups is 1. The Hall–Kier alpha value is -1.71. The number of aliphatic hydroxyl groups excluding tert-OH is 1. The number of rotatable bonds is 3. The van der Waals surface area contributed by atoms with Crippen molar-refractivity contribution < 1.29 is 9.84 Å². The summed E-state index contributed by atoms with van der Waals surface area (Å²) in [5.41, 5.74) is 11.5. The highest BCUT2D eigenvalue weighted by atomic mass is 16.5. The molecule has 0 aliphatic heterocycles. The SMILES string of the molecule is COc1ccc2c(c1)CC[C@@H]1[C@@H]2CC[C@]2(C)[C@@H](O)[C@@H](CN=[N+]=[N-])C[C@@H]12. The maximum absolute atomic E-state index is 10.9. The van der Waals surface area contributed by atoms with Crippen LogP contribution in [0.2, 0.25) is 0 Å². The van der Waals surface area contributed by atoms with E-state index in [9.17, 15) is 5.11 Å². The van der Waals surface area contributed by atoms with Gasteiger partial charge in [0.25, 0.3) is 0 Å². The minimum Gasteiger partial charge on any atom is -0.497 e. The molecule has 0 heterocycles. The van der Waals surface area contributed by atoms with Crippen molar-refractivity contribution in [3.63, 3.8) is 0 Å². The van der Waals surface area contributed by atoms with Crippen LogP contribution in [0.1, 0.15) is 49.7 Å². The maximum atomic E-state index is 10.9. The van der Waals surface area contributed by atoms with Gasteiger partial charge in [-0.15, -0.1) is 0 Å². The first-order valence-corrected chi connectivity index (χ1v) is 9.44. The summed E-state index contributed by atoms with van der Waals surface area (Å²) in [6, 6.07) is 6.55. The molecule has 1 aromatic rings. The van der Waals surface area contributed by atoms with Crippen LogP contribution in [0.15, 0.2) is 23.3 Å². The van der Waals surface area contributed by atoms with Gasteiger partial charge in [-0.05, 0) is 90.0 Å². The highest BCUT2D eigenvalue weighted by Crippen LogP contribution is 2.62. The molecule has 3 aliphatic carbocycles. The minimum absolute atomic E-state index is 0.0270. The van der Waals surface area contributed by atoms with Crippen LogP contribution >= 0.6 is 0 Å². The Morgan fingerprint density at radius 1 is 1.40 bits per heavy atom. The highest BCUT2D eigenvalue weighted by Gasteiger charge is 2.57. The number of aryl methyl sites for hydroxylation is 1. The van der Waals surface area contributed by atoms with E-state index in [4.69, 9.17) is 10.3 Å². The number of methoxy groups -OCH3 is 1. The van der Waals surface area contributed by atoms with Crippen molar-refractivity contribution in [2.75, 3.05) is 13.7 Å². The van der Waals surface area contributed by atoms with E-state index in [1.54, 1.807) is 7.11 Å². The Labute approximate surface area is 149 Å². The third-order valence-electron chi connectivity index (χ3n) is 7.43. The van der Waals surface area contributed by atoms with Gasteiger partial charge in [0.05, 0.1) is 13.2 Å². The van der Waals surface area contributed by atoms with Crippen molar-refractivity contribution in [3.05, 3.63) is 39.8 Å². The molecule has 0 amide bonds. The average molecular weight is 341 g/mol. The second-order valence-electron chi connectivity index (χ2n) is 8.38. The molecular weight excluding hydrogens is 314 g/mol. The number of benzene rings is 1. The number of nitrogens with zero attached hydrogens (tertiary/aromatic N) is 3. The fourth-order valence-corrected chi connectivity index (χ4v) is 6.15. The molecular formula is C20H27N3O2. The third-order valence-corrected chi connectivity index (χ3v) is 7.43. The zero-order chi connectivity index (χ0) is 17.6. The van der Waals surface area contributed by atoms with E-state index >= 15 is 0 Å². The zero-order valence-electron chi connectivity index (χ0n) is 15.1. The molecule has 0 bridgehead atoms. The number of ether oxygens (including phenoxy) is 1. The molecule has 0 unspecified atom stereocenters. The van der Waals surface area contributed by atoms with Crippen molar-refractivity contribution >= 4 is 0 Å². The van der Waals surface area contributed by atoms with Crippen LogP contribution in [0.25, 0.3) is 10.4 Å². The largest absolute Gasteiger partial charge is 0.497 e. The van der Waals surface area contributed by atoms with Crippen molar-refractivity contribution in [2.24, 2.45) is 28.3 Å². The molecule has 0 radical (unpaired) electrons. The van der Waals surface area contributed by atoms with E-state index in [0.717, 1.165) is 31.4 Å². The van der Waals surface area contributed by atoms with Crippen LogP contribution in [-0.2, 0) is 6.42 Å². The molecule has 6 atom stereocenters. The predicted molar refractivity (Wildman–Crippen MR) is 96.5 cm³/mol. The van der Waals surface area contributed by atoms with Gasteiger partial charge in [-0.25, -0.2) is 0 Å². The first-order chi connectivity index (χ1) is 12.1. The molecule has 5 heteroatoms. The number of hydrogen-bond donors (Lipinski definition) is 1. The van der Waals surface area contributed by atoms with Gasteiger partial charge in [0.2, 0.25) is 0 Å². The molecule has 134 valence electrons. The summed E-state index contributed by atoms with van der Waals surface area (Å²) in [7, 11) is 1.73. The summed E-state index contributed by atoms with van der Waals surface area (Å²) in [4.78, 5) is 2.90. The second kappa shape index (κ2) is 6.22. The Morgan fingerprint density at radius 2 is 2.24 bits per heavy atom. The molecule has 0 aromatic heterocycles. The lowest BCUT2D eigenvalue weighted by Crippen LogP contribution is -2.44. The standard InChI is InChI=1S/C20H27N3O2/c1-20-8-7-16-15-6-4-14(25-2)9-12(15)3-5-17(16)18(20)10-13(19(20)24)11-22-23-21/h4,6,9,13,16-19,24H,3,5,7-8,10-11H2,1-2H3/t13-,16-,17-,18+,19+,20+/m1/s1. The summed E-state index contributed by atoms with van der Waals surface area (Å²) in [6.07, 6.45) is 5.12. The summed E-state index contributed by atoms with van der Waals surface area (Å²) < 4.78 is 5.39. The summed E-state index contributed by atoms with van der Waals surface area (Å²) in [6.45, 7) is 2.69. The third kappa shape index (κ3) is 2.52. The van der Waals surface area contributed by atoms with Crippen molar-refractivity contribution in [2.45, 2.75) is 51.0 Å². The smallest absolute Gasteiger partial charge is 0.119 e. The molecule has 1 N–H and O–H groups in total. The highest BCUT2D eigenvalue weighted by molar-refractivity contribution is 5.40. The van der Waals surface area contributed by atoms with Gasteiger partial charge in [-0.3, -0.25) is 0 Å². The molecule has 0 spiro atoms. The lowest BCUT2D eigenvalue weighted by molar-refractivity contribution is -0.0317. The van der Waals surface area contributed by atoms with E-state index in [2.05, 4.69) is 35.1 Å². The fourth-order valence-electron chi connectivity index (χ4n) is 6.15. The van der Waals surface area contributed by atoms with Crippen molar-refractivity contribution in [1.29, 1.82) is 0 Å². The van der Waals surface area contributed by atoms with Crippen LogP contribution < -0.4 is 4.74 Å². The van der Waals surface area contributed by atoms with Gasteiger partial charge in [0.1, 0.15) is 5.75 Å². The van der Waals surface area contributed by atoms with Gasteiger partial charge < -0.3 is 9.84 Å². The Bertz CT molecular complexity index is 715. The Kier molecular flexibility index (Phi) is 4.17. The lowest BCUT2D eigenvalue weighted by Gasteiger charge is -2.50. The van der Waals surface area contributed by atoms with Crippen molar-refractivity contribution in [1.82, 2.24) is 0 Å². The summed E-state index contributed by atoms with van der Waals surface area (Å²) >= 11 is 0. The normalized spacial score (nSPS) is 38.9.